The van der Waals surface area contributed by atoms with E-state index in [9.17, 15) is 4.79 Å². The van der Waals surface area contributed by atoms with Gasteiger partial charge in [-0.3, -0.25) is 4.79 Å². The fraction of sp³-hybridized carbons (Fsp3) is 0.360. The molecule has 0 aromatic carbocycles. The van der Waals surface area contributed by atoms with E-state index in [0.29, 0.717) is 13.1 Å². The molecular weight excluding hydrogens is 404 g/mol. The molecule has 0 bridgehead atoms. The molecule has 164 valence electrons. The molecule has 1 fully saturated rings. The first-order valence-electron chi connectivity index (χ1n) is 10.8. The van der Waals surface area contributed by atoms with Gasteiger partial charge in [-0.2, -0.15) is 0 Å². The van der Waals surface area contributed by atoms with E-state index < -0.39 is 0 Å². The monoisotopic (exact) mass is 436 g/mol. The Labute approximate surface area is 190 Å². The molecule has 0 spiro atoms. The summed E-state index contributed by atoms with van der Waals surface area (Å²) in [6, 6.07) is 4.17. The zero-order chi connectivity index (χ0) is 22.4. The van der Waals surface area contributed by atoms with Gasteiger partial charge in [0.2, 0.25) is 5.91 Å². The molecule has 6 heteroatoms. The van der Waals surface area contributed by atoms with Crippen LogP contribution in [0.25, 0.3) is 5.70 Å². The van der Waals surface area contributed by atoms with Crippen LogP contribution in [-0.2, 0) is 4.79 Å². The van der Waals surface area contributed by atoms with Crippen LogP contribution >= 0.6 is 11.3 Å². The topological polar surface area (TPSA) is 39.1 Å². The number of hydrogen-bond acceptors (Lipinski definition) is 5. The highest BCUT2D eigenvalue weighted by molar-refractivity contribution is 7.11. The van der Waals surface area contributed by atoms with Crippen LogP contribution < -0.4 is 0 Å². The van der Waals surface area contributed by atoms with Gasteiger partial charge >= 0.3 is 0 Å². The van der Waals surface area contributed by atoms with E-state index in [1.54, 1.807) is 11.3 Å². The maximum Gasteiger partial charge on any atom is 0.250 e. The Morgan fingerprint density at radius 1 is 1.23 bits per heavy atom. The Kier molecular flexibility index (Phi) is 7.69. The summed E-state index contributed by atoms with van der Waals surface area (Å²) in [6.07, 6.45) is 11.7. The van der Waals surface area contributed by atoms with Crippen molar-refractivity contribution < 1.29 is 4.79 Å². The first kappa shape index (κ1) is 22.8. The molecule has 2 aliphatic rings. The summed E-state index contributed by atoms with van der Waals surface area (Å²) in [6.45, 7) is 15.3. The highest BCUT2D eigenvalue weighted by Crippen LogP contribution is 2.30. The highest BCUT2D eigenvalue weighted by Gasteiger charge is 2.29. The van der Waals surface area contributed by atoms with Crippen LogP contribution in [-0.4, -0.2) is 52.6 Å². The number of aliphatic imine (C=N–C) groups is 1. The first-order chi connectivity index (χ1) is 15.0. The molecule has 0 saturated carbocycles. The van der Waals surface area contributed by atoms with Crippen molar-refractivity contribution in [3.05, 3.63) is 76.9 Å². The molecule has 0 unspecified atom stereocenters. The van der Waals surface area contributed by atoms with Gasteiger partial charge in [0.1, 0.15) is 0 Å². The predicted octanol–water partition coefficient (Wildman–Crippen LogP) is 5.11. The second kappa shape index (κ2) is 10.4. The average molecular weight is 437 g/mol. The van der Waals surface area contributed by atoms with Crippen LogP contribution in [0.15, 0.2) is 77.1 Å². The first-order valence-corrected chi connectivity index (χ1v) is 11.7. The van der Waals surface area contributed by atoms with Gasteiger partial charge < -0.3 is 14.7 Å². The number of rotatable bonds is 5. The van der Waals surface area contributed by atoms with Crippen LogP contribution in [0.4, 0.5) is 0 Å². The minimum absolute atomic E-state index is 0.132. The van der Waals surface area contributed by atoms with Crippen molar-refractivity contribution >= 4 is 28.8 Å². The van der Waals surface area contributed by atoms with Gasteiger partial charge in [-0.05, 0) is 31.2 Å². The summed E-state index contributed by atoms with van der Waals surface area (Å²) in [5.74, 6) is 1.20. The zero-order valence-electron chi connectivity index (χ0n) is 18.9. The molecule has 1 amide bonds. The summed E-state index contributed by atoms with van der Waals surface area (Å²) in [4.78, 5) is 25.1. The quantitative estimate of drug-likeness (QED) is 0.476. The van der Waals surface area contributed by atoms with Crippen molar-refractivity contribution in [2.45, 2.75) is 27.7 Å². The summed E-state index contributed by atoms with van der Waals surface area (Å²) in [7, 11) is 0. The Morgan fingerprint density at radius 2 is 1.97 bits per heavy atom. The van der Waals surface area contributed by atoms with Crippen LogP contribution in [0.5, 0.6) is 0 Å². The fourth-order valence-corrected chi connectivity index (χ4v) is 4.57. The van der Waals surface area contributed by atoms with Crippen LogP contribution in [0.2, 0.25) is 0 Å². The molecule has 31 heavy (non-hydrogen) atoms. The molecule has 1 aromatic heterocycles. The Bertz CT molecular complexity index is 942. The lowest BCUT2D eigenvalue weighted by Gasteiger charge is -2.39. The number of amidine groups is 1. The van der Waals surface area contributed by atoms with Gasteiger partial charge in [-0.15, -0.1) is 11.3 Å². The van der Waals surface area contributed by atoms with Gasteiger partial charge in [0.25, 0.3) is 0 Å². The van der Waals surface area contributed by atoms with E-state index in [2.05, 4.69) is 58.8 Å². The van der Waals surface area contributed by atoms with E-state index >= 15 is 0 Å². The second-order valence-corrected chi connectivity index (χ2v) is 8.75. The molecule has 1 saturated heterocycles. The fourth-order valence-electron chi connectivity index (χ4n) is 3.77. The third-order valence-corrected chi connectivity index (χ3v) is 6.36. The Hall–Kier alpha value is -2.86. The maximum absolute atomic E-state index is 13.0. The molecule has 1 aromatic rings. The molecule has 3 heterocycles. The van der Waals surface area contributed by atoms with Crippen molar-refractivity contribution in [3.63, 3.8) is 0 Å². The standard InChI is InChI=1S/C25H32N4OS/c1-6-8-10-21(19(3)4)25(30)28-16-14-27(15-17-28)24-20(5)29(13-12-26-24)22(7-2)23-11-9-18-31-23/h6-13,18-19H,5,14-17H2,1-4H3/b8-6-,21-10+,22-7-. The van der Waals surface area contributed by atoms with Crippen LogP contribution in [0.1, 0.15) is 32.6 Å². The number of piperazine rings is 1. The summed E-state index contributed by atoms with van der Waals surface area (Å²) in [5.41, 5.74) is 2.82. The maximum atomic E-state index is 13.0. The third kappa shape index (κ3) is 5.07. The van der Waals surface area contributed by atoms with E-state index in [-0.39, 0.29) is 11.8 Å². The number of amides is 1. The van der Waals surface area contributed by atoms with Gasteiger partial charge in [-0.1, -0.05) is 50.8 Å². The number of allylic oxidation sites excluding steroid dienone is 4. The number of carbonyl (C=O) groups excluding carboxylic acids is 1. The molecule has 0 radical (unpaired) electrons. The molecule has 3 rings (SSSR count). The van der Waals surface area contributed by atoms with Gasteiger partial charge in [0.05, 0.1) is 16.3 Å². The van der Waals surface area contributed by atoms with E-state index in [1.165, 1.54) is 4.88 Å². The minimum atomic E-state index is 0.132. The largest absolute Gasteiger partial charge is 0.351 e. The van der Waals surface area contributed by atoms with Crippen molar-refractivity contribution in [2.24, 2.45) is 10.9 Å². The van der Waals surface area contributed by atoms with Crippen LogP contribution in [0.3, 0.4) is 0 Å². The number of nitrogens with zero attached hydrogens (tertiary/aromatic N) is 4. The van der Waals surface area contributed by atoms with Crippen LogP contribution in [0, 0.1) is 5.92 Å². The lowest BCUT2D eigenvalue weighted by Crippen LogP contribution is -2.52. The van der Waals surface area contributed by atoms with Gasteiger partial charge in [0.15, 0.2) is 5.84 Å². The summed E-state index contributed by atoms with van der Waals surface area (Å²) in [5, 5.41) is 2.08. The lowest BCUT2D eigenvalue weighted by molar-refractivity contribution is -0.128. The molecular formula is C25H32N4OS. The Morgan fingerprint density at radius 3 is 2.55 bits per heavy atom. The SMILES string of the molecule is C=C1C(N2CCN(C(=O)/C(=C/C=C\C)C(C)C)CC2)=NC=CN1/C(=C\C)c1cccs1. The number of carbonyl (C=O) groups is 1. The molecule has 5 nitrogen and oxygen atoms in total. The summed E-state index contributed by atoms with van der Waals surface area (Å²) < 4.78 is 0. The van der Waals surface area contributed by atoms with Crippen molar-refractivity contribution in [1.82, 2.24) is 14.7 Å². The Balaban J connectivity index is 1.68. The predicted molar refractivity (Wildman–Crippen MR) is 131 cm³/mol. The molecule has 0 N–H and O–H groups in total. The van der Waals surface area contributed by atoms with Crippen molar-refractivity contribution in [1.29, 1.82) is 0 Å². The number of thiophene rings is 1. The summed E-state index contributed by atoms with van der Waals surface area (Å²) >= 11 is 1.71. The highest BCUT2D eigenvalue weighted by atomic mass is 32.1. The van der Waals surface area contributed by atoms with E-state index in [0.717, 1.165) is 35.9 Å². The van der Waals surface area contributed by atoms with Crippen molar-refractivity contribution in [3.8, 4) is 0 Å². The third-order valence-electron chi connectivity index (χ3n) is 5.47. The lowest BCUT2D eigenvalue weighted by atomic mass is 10.0. The van der Waals surface area contributed by atoms with Gasteiger partial charge in [-0.25, -0.2) is 4.99 Å². The molecule has 2 aliphatic heterocycles. The average Bonchev–Trinajstić information content (AvgIpc) is 3.30. The normalized spacial score (nSPS) is 18.4. The molecule has 0 atom stereocenters. The van der Waals surface area contributed by atoms with E-state index in [4.69, 9.17) is 0 Å². The molecule has 0 aliphatic carbocycles. The number of hydrogen-bond donors (Lipinski definition) is 0. The smallest absolute Gasteiger partial charge is 0.250 e. The van der Waals surface area contributed by atoms with E-state index in [1.807, 2.05) is 49.4 Å². The zero-order valence-corrected chi connectivity index (χ0v) is 19.7. The van der Waals surface area contributed by atoms with Gasteiger partial charge in [0, 0.05) is 44.2 Å². The van der Waals surface area contributed by atoms with Crippen molar-refractivity contribution in [2.75, 3.05) is 26.2 Å². The minimum Gasteiger partial charge on any atom is -0.351 e. The second-order valence-electron chi connectivity index (χ2n) is 7.80.